The number of hydrogen-bond donors (Lipinski definition) is 3. The van der Waals surface area contributed by atoms with E-state index in [1.54, 1.807) is 0 Å². The third-order valence-corrected chi connectivity index (χ3v) is 6.74. The van der Waals surface area contributed by atoms with E-state index in [1.165, 1.54) is 28.1 Å². The Kier molecular flexibility index (Phi) is 5.86. The van der Waals surface area contributed by atoms with Crippen LogP contribution < -0.4 is 10.9 Å². The van der Waals surface area contributed by atoms with Crippen molar-refractivity contribution in [3.05, 3.63) is 33.6 Å². The molecule has 1 aliphatic rings. The number of aryl methyl sites for hydroxylation is 2. The number of H-pyrrole nitrogens is 1. The third-order valence-electron chi connectivity index (χ3n) is 5.51. The predicted octanol–water partition coefficient (Wildman–Crippen LogP) is 2.46. The monoisotopic (exact) mass is 443 g/mol. The Balaban J connectivity index is 1.26. The average molecular weight is 444 g/mol. The van der Waals surface area contributed by atoms with Crippen molar-refractivity contribution in [2.24, 2.45) is 11.3 Å². The first-order valence-electron chi connectivity index (χ1n) is 10.2. The molecular weight excluding hydrogens is 418 g/mol. The van der Waals surface area contributed by atoms with Gasteiger partial charge in [0.05, 0.1) is 4.88 Å². The molecule has 164 valence electrons. The molecule has 0 saturated carbocycles. The molecule has 31 heavy (non-hydrogen) atoms. The molecule has 0 spiro atoms. The minimum Gasteiger partial charge on any atom is -0.339 e. The topological polar surface area (TPSA) is 139 Å². The SMILES string of the molecule is CC(C)(C)[C@H]1CCc2sc(C(=O)NNC(=O)CCc3nc(-c4ncn[nH]4)no3)cc2C1. The van der Waals surface area contributed by atoms with Crippen LogP contribution in [0, 0.1) is 11.3 Å². The lowest BCUT2D eigenvalue weighted by Gasteiger charge is -2.33. The van der Waals surface area contributed by atoms with Crippen LogP contribution in [0.1, 0.15) is 59.6 Å². The Bertz CT molecular complexity index is 1070. The number of thiophene rings is 1. The highest BCUT2D eigenvalue weighted by molar-refractivity contribution is 7.14. The first-order chi connectivity index (χ1) is 14.8. The van der Waals surface area contributed by atoms with E-state index in [0.717, 1.165) is 19.3 Å². The maximum Gasteiger partial charge on any atom is 0.279 e. The molecule has 0 bridgehead atoms. The number of hydrogen-bond acceptors (Lipinski definition) is 8. The van der Waals surface area contributed by atoms with Crippen LogP contribution in [0.2, 0.25) is 0 Å². The summed E-state index contributed by atoms with van der Waals surface area (Å²) < 4.78 is 5.10. The number of aromatic nitrogens is 5. The second-order valence-electron chi connectivity index (χ2n) is 8.71. The highest BCUT2D eigenvalue weighted by Crippen LogP contribution is 2.40. The smallest absolute Gasteiger partial charge is 0.279 e. The van der Waals surface area contributed by atoms with Crippen LogP contribution in [-0.2, 0) is 24.1 Å². The van der Waals surface area contributed by atoms with Gasteiger partial charge in [0, 0.05) is 17.7 Å². The molecule has 2 amide bonds. The molecule has 0 aromatic carbocycles. The minimum absolute atomic E-state index is 0.0898. The van der Waals surface area contributed by atoms with E-state index in [4.69, 9.17) is 4.52 Å². The number of rotatable bonds is 5. The lowest BCUT2D eigenvalue weighted by molar-refractivity contribution is -0.121. The van der Waals surface area contributed by atoms with Gasteiger partial charge < -0.3 is 4.52 Å². The highest BCUT2D eigenvalue weighted by Gasteiger charge is 2.30. The number of amides is 2. The van der Waals surface area contributed by atoms with Crippen LogP contribution in [-0.4, -0.2) is 37.1 Å². The Morgan fingerprint density at radius 3 is 2.90 bits per heavy atom. The number of nitrogens with zero attached hydrogens (tertiary/aromatic N) is 4. The number of hydrazine groups is 1. The number of aromatic amines is 1. The van der Waals surface area contributed by atoms with Gasteiger partial charge in [0.1, 0.15) is 6.33 Å². The quantitative estimate of drug-likeness (QED) is 0.515. The summed E-state index contributed by atoms with van der Waals surface area (Å²) in [6.45, 7) is 6.80. The molecule has 3 aromatic heterocycles. The Morgan fingerprint density at radius 1 is 1.32 bits per heavy atom. The van der Waals surface area contributed by atoms with Gasteiger partial charge in [0.2, 0.25) is 17.6 Å². The van der Waals surface area contributed by atoms with E-state index in [9.17, 15) is 9.59 Å². The summed E-state index contributed by atoms with van der Waals surface area (Å²) in [5.74, 6) is 0.926. The summed E-state index contributed by atoms with van der Waals surface area (Å²) in [6.07, 6.45) is 4.81. The zero-order valence-corrected chi connectivity index (χ0v) is 18.5. The zero-order valence-electron chi connectivity index (χ0n) is 17.7. The van der Waals surface area contributed by atoms with E-state index in [0.29, 0.717) is 22.5 Å². The molecule has 3 N–H and O–H groups in total. The number of fused-ring (bicyclic) bond motifs is 1. The lowest BCUT2D eigenvalue weighted by atomic mass is 9.72. The first kappa shape index (κ1) is 21.2. The molecule has 0 radical (unpaired) electrons. The van der Waals surface area contributed by atoms with Gasteiger partial charge in [-0.2, -0.15) is 10.1 Å². The molecule has 0 fully saturated rings. The first-order valence-corrected chi connectivity index (χ1v) is 11.0. The van der Waals surface area contributed by atoms with Gasteiger partial charge in [0.25, 0.3) is 5.91 Å². The average Bonchev–Trinajstić information content (AvgIpc) is 3.48. The van der Waals surface area contributed by atoms with Crippen molar-refractivity contribution in [3.8, 4) is 11.6 Å². The molecule has 0 saturated heterocycles. The summed E-state index contributed by atoms with van der Waals surface area (Å²) in [7, 11) is 0. The summed E-state index contributed by atoms with van der Waals surface area (Å²) >= 11 is 1.51. The fourth-order valence-electron chi connectivity index (χ4n) is 3.61. The normalized spacial score (nSPS) is 16.0. The molecule has 0 aliphatic heterocycles. The van der Waals surface area contributed by atoms with Crippen LogP contribution in [0.25, 0.3) is 11.6 Å². The Hall–Kier alpha value is -3.08. The fourth-order valence-corrected chi connectivity index (χ4v) is 4.72. The fraction of sp³-hybridized carbons (Fsp3) is 0.500. The van der Waals surface area contributed by atoms with Crippen LogP contribution >= 0.6 is 11.3 Å². The largest absolute Gasteiger partial charge is 0.339 e. The maximum atomic E-state index is 12.5. The van der Waals surface area contributed by atoms with Crippen LogP contribution in [0.3, 0.4) is 0 Å². The predicted molar refractivity (Wildman–Crippen MR) is 113 cm³/mol. The van der Waals surface area contributed by atoms with Crippen molar-refractivity contribution in [2.75, 3.05) is 0 Å². The molecule has 3 heterocycles. The molecule has 1 atom stereocenters. The van der Waals surface area contributed by atoms with E-state index in [-0.39, 0.29) is 35.9 Å². The molecule has 10 nitrogen and oxygen atoms in total. The van der Waals surface area contributed by atoms with E-state index >= 15 is 0 Å². The Morgan fingerprint density at radius 2 is 2.16 bits per heavy atom. The van der Waals surface area contributed by atoms with Gasteiger partial charge in [-0.1, -0.05) is 25.9 Å². The Labute approximate surface area is 183 Å². The van der Waals surface area contributed by atoms with Crippen molar-refractivity contribution < 1.29 is 14.1 Å². The molecule has 3 aromatic rings. The summed E-state index contributed by atoms with van der Waals surface area (Å²) in [4.78, 5) is 34.6. The van der Waals surface area contributed by atoms with E-state index in [1.807, 2.05) is 6.07 Å². The van der Waals surface area contributed by atoms with Crippen molar-refractivity contribution in [1.82, 2.24) is 36.2 Å². The second kappa shape index (κ2) is 8.58. The molecule has 11 heteroatoms. The van der Waals surface area contributed by atoms with Gasteiger partial charge in [-0.05, 0) is 42.2 Å². The number of carbonyl (C=O) groups excluding carboxylic acids is 2. The second-order valence-corrected chi connectivity index (χ2v) is 9.85. The van der Waals surface area contributed by atoms with Crippen molar-refractivity contribution >= 4 is 23.2 Å². The molecule has 0 unspecified atom stereocenters. The van der Waals surface area contributed by atoms with Crippen LogP contribution in [0.4, 0.5) is 0 Å². The number of carbonyl (C=O) groups is 2. The van der Waals surface area contributed by atoms with Gasteiger partial charge in [-0.25, -0.2) is 4.98 Å². The maximum absolute atomic E-state index is 12.5. The van der Waals surface area contributed by atoms with Gasteiger partial charge in [0.15, 0.2) is 5.82 Å². The van der Waals surface area contributed by atoms with Gasteiger partial charge in [-0.3, -0.25) is 25.5 Å². The van der Waals surface area contributed by atoms with Crippen molar-refractivity contribution in [3.63, 3.8) is 0 Å². The van der Waals surface area contributed by atoms with Crippen LogP contribution in [0.15, 0.2) is 16.9 Å². The van der Waals surface area contributed by atoms with Crippen molar-refractivity contribution in [2.45, 2.75) is 52.9 Å². The van der Waals surface area contributed by atoms with Gasteiger partial charge >= 0.3 is 0 Å². The summed E-state index contributed by atoms with van der Waals surface area (Å²) in [5, 5.41) is 10.1. The van der Waals surface area contributed by atoms with Crippen molar-refractivity contribution in [1.29, 1.82) is 0 Å². The third kappa shape index (κ3) is 4.98. The molecule has 1 aliphatic carbocycles. The van der Waals surface area contributed by atoms with E-state index in [2.05, 4.69) is 56.9 Å². The summed E-state index contributed by atoms with van der Waals surface area (Å²) in [5.41, 5.74) is 6.45. The molecule has 4 rings (SSSR count). The molecular formula is C20H25N7O3S. The standard InChI is InChI=1S/C20H25N7O3S/c1-20(2,3)12-4-5-13-11(8-12)9-14(31-13)19(29)26-24-15(28)6-7-16-23-18(27-30-16)17-21-10-22-25-17/h9-10,12H,4-8H2,1-3H3,(H,24,28)(H,26,29)(H,21,22,25)/t12-/m0/s1. The van der Waals surface area contributed by atoms with E-state index < -0.39 is 0 Å². The zero-order chi connectivity index (χ0) is 22.0. The highest BCUT2D eigenvalue weighted by atomic mass is 32.1. The van der Waals surface area contributed by atoms with Crippen LogP contribution in [0.5, 0.6) is 0 Å². The summed E-state index contributed by atoms with van der Waals surface area (Å²) in [6, 6.07) is 1.96. The minimum atomic E-state index is -0.345. The van der Waals surface area contributed by atoms with Gasteiger partial charge in [-0.15, -0.1) is 11.3 Å². The lowest BCUT2D eigenvalue weighted by Crippen LogP contribution is -2.41. The number of nitrogens with one attached hydrogen (secondary N) is 3.